The fourth-order valence-electron chi connectivity index (χ4n) is 11.0. The molecule has 0 heterocycles. The molecule has 28 heteroatoms. The van der Waals surface area contributed by atoms with Crippen LogP contribution in [0.1, 0.15) is 101 Å². The standard InChI is InChI=1S/3C14H15F7O2.Yb/c1-10(2)6-4-5-11(10,3)7(8(6)22)9(23)12(15,16)13(17,18)14(19,20)21;2*1-10(2)6-4-5-11(10,3)8(22)7(6)9(23)12(15,16)13(17,18)14(19,20)21;/h3*6,23H,4-5H2,1-3H3;/b9-7+;2*9-7-;. The second-order valence-corrected chi connectivity index (χ2v) is 20.6. The summed E-state index contributed by atoms with van der Waals surface area (Å²) in [5.41, 5.74) is -9.51. The summed E-state index contributed by atoms with van der Waals surface area (Å²) < 4.78 is 271. The number of halogens is 21. The zero-order valence-electron chi connectivity index (χ0n) is 37.7. The fraction of sp³-hybridized carbons (Fsp3) is 0.786. The summed E-state index contributed by atoms with van der Waals surface area (Å²) in [4.78, 5) is 36.8. The molecule has 0 aromatic rings. The first kappa shape index (κ1) is 62.0. The maximum absolute atomic E-state index is 13.7. The molecule has 0 aromatic heterocycles. The number of ketones is 3. The first-order valence-electron chi connectivity index (χ1n) is 20.5. The molecule has 0 aromatic carbocycles. The van der Waals surface area contributed by atoms with Gasteiger partial charge in [0.2, 0.25) is 0 Å². The van der Waals surface area contributed by atoms with Crippen molar-refractivity contribution in [3.05, 3.63) is 34.0 Å². The molecule has 6 rings (SSSR count). The van der Waals surface area contributed by atoms with Crippen molar-refractivity contribution in [1.82, 2.24) is 0 Å². The molecule has 6 aliphatic carbocycles. The molecule has 6 bridgehead atoms. The Kier molecular flexibility index (Phi) is 15.1. The topological polar surface area (TPSA) is 112 Å². The molecule has 6 aliphatic rings. The summed E-state index contributed by atoms with van der Waals surface area (Å²) in [6.45, 7) is 13.5. The van der Waals surface area contributed by atoms with Crippen molar-refractivity contribution >= 4 is 17.3 Å². The molecule has 70 heavy (non-hydrogen) atoms. The maximum atomic E-state index is 13.7. The van der Waals surface area contributed by atoms with E-state index in [1.165, 1.54) is 20.8 Å². The van der Waals surface area contributed by atoms with E-state index in [1.54, 1.807) is 41.5 Å². The predicted molar refractivity (Wildman–Crippen MR) is 196 cm³/mol. The number of aliphatic hydroxyl groups excluding tert-OH is 3. The first-order chi connectivity index (χ1) is 30.1. The molecule has 3 N–H and O–H groups in total. The second-order valence-electron chi connectivity index (χ2n) is 20.6. The van der Waals surface area contributed by atoms with Gasteiger partial charge in [-0.3, -0.25) is 14.4 Å². The van der Waals surface area contributed by atoms with E-state index in [0.717, 1.165) is 0 Å². The fourth-order valence-corrected chi connectivity index (χ4v) is 11.0. The van der Waals surface area contributed by atoms with Crippen LogP contribution >= 0.6 is 0 Å². The summed E-state index contributed by atoms with van der Waals surface area (Å²) in [5, 5.41) is 28.7. The first-order valence-corrected chi connectivity index (χ1v) is 20.5. The van der Waals surface area contributed by atoms with Gasteiger partial charge in [0.1, 0.15) is 0 Å². The van der Waals surface area contributed by atoms with Crippen LogP contribution in [-0.4, -0.2) is 86.7 Å². The van der Waals surface area contributed by atoms with Crippen molar-refractivity contribution in [1.29, 1.82) is 0 Å². The molecular weight excluding hydrogens is 1170 g/mol. The molecule has 6 fully saturated rings. The van der Waals surface area contributed by atoms with Gasteiger partial charge < -0.3 is 15.3 Å². The van der Waals surface area contributed by atoms with Crippen molar-refractivity contribution in [3.63, 3.8) is 0 Å². The molecule has 0 amide bonds. The number of aliphatic hydroxyl groups is 3. The van der Waals surface area contributed by atoms with Crippen molar-refractivity contribution in [3.8, 4) is 0 Å². The van der Waals surface area contributed by atoms with E-state index in [9.17, 15) is 122 Å². The number of rotatable bonds is 6. The second kappa shape index (κ2) is 17.1. The number of hydrogen-bond donors (Lipinski definition) is 3. The van der Waals surface area contributed by atoms with Crippen LogP contribution in [0.2, 0.25) is 0 Å². The van der Waals surface area contributed by atoms with Gasteiger partial charge >= 0.3 is 54.1 Å². The average Bonchev–Trinajstić information content (AvgIpc) is 3.79. The molecule has 6 saturated carbocycles. The van der Waals surface area contributed by atoms with Crippen LogP contribution in [0.25, 0.3) is 0 Å². The average molecular weight is 1220 g/mol. The van der Waals surface area contributed by atoms with Crippen LogP contribution in [0.4, 0.5) is 92.2 Å². The van der Waals surface area contributed by atoms with Crippen LogP contribution in [0, 0.1) is 97.2 Å². The number of fused-ring (bicyclic) bond motifs is 6. The van der Waals surface area contributed by atoms with Crippen LogP contribution in [0.3, 0.4) is 0 Å². The third-order valence-electron chi connectivity index (χ3n) is 16.9. The van der Waals surface area contributed by atoms with Crippen LogP contribution < -0.4 is 0 Å². The van der Waals surface area contributed by atoms with Crippen molar-refractivity contribution in [2.75, 3.05) is 0 Å². The molecule has 6 nitrogen and oxygen atoms in total. The zero-order valence-corrected chi connectivity index (χ0v) is 39.5. The number of alkyl halides is 21. The van der Waals surface area contributed by atoms with Gasteiger partial charge in [-0.1, -0.05) is 62.3 Å². The van der Waals surface area contributed by atoms with E-state index < -0.39 is 156 Å². The zero-order chi connectivity index (χ0) is 54.7. The van der Waals surface area contributed by atoms with Gasteiger partial charge in [-0.2, -0.15) is 92.2 Å². The Labute approximate surface area is 423 Å². The van der Waals surface area contributed by atoms with E-state index >= 15 is 0 Å². The number of carbonyl (C=O) groups excluding carboxylic acids is 3. The van der Waals surface area contributed by atoms with Gasteiger partial charge in [-0.25, -0.2) is 0 Å². The van der Waals surface area contributed by atoms with Crippen molar-refractivity contribution in [2.45, 2.75) is 155 Å². The molecule has 410 valence electrons. The smallest absolute Gasteiger partial charge is 0.460 e. The quantitative estimate of drug-likeness (QED) is 0.139. The Bertz CT molecular complexity index is 2160. The largest absolute Gasteiger partial charge is 0.506 e. The Morgan fingerprint density at radius 2 is 0.629 bits per heavy atom. The summed E-state index contributed by atoms with van der Waals surface area (Å²) in [5.74, 6) is -50.3. The van der Waals surface area contributed by atoms with Gasteiger partial charge in [-0.15, -0.1) is 0 Å². The van der Waals surface area contributed by atoms with Crippen molar-refractivity contribution in [2.24, 2.45) is 50.2 Å². The van der Waals surface area contributed by atoms with Crippen LogP contribution in [0.15, 0.2) is 34.0 Å². The van der Waals surface area contributed by atoms with E-state index in [0.29, 0.717) is 19.3 Å². The molecule has 0 aliphatic heterocycles. The third kappa shape index (κ3) is 7.88. The van der Waals surface area contributed by atoms with Crippen LogP contribution in [0.5, 0.6) is 0 Å². The summed E-state index contributed by atoms with van der Waals surface area (Å²) in [6, 6.07) is 0. The van der Waals surface area contributed by atoms with E-state index in [4.69, 9.17) is 0 Å². The molecule has 6 unspecified atom stereocenters. The molecule has 6 atom stereocenters. The molecule has 0 spiro atoms. The van der Waals surface area contributed by atoms with Gasteiger partial charge in [0.05, 0.1) is 0 Å². The summed E-state index contributed by atoms with van der Waals surface area (Å²) in [7, 11) is 0. The Morgan fingerprint density at radius 1 is 0.400 bits per heavy atom. The minimum absolute atomic E-state index is 0. The van der Waals surface area contributed by atoms with Gasteiger partial charge in [0.25, 0.3) is 0 Å². The normalized spacial score (nSPS) is 32.8. The van der Waals surface area contributed by atoms with E-state index in [1.807, 2.05) is 0 Å². The summed E-state index contributed by atoms with van der Waals surface area (Å²) in [6.07, 6.45) is -18.4. The molecule has 0 saturated heterocycles. The number of carbonyl (C=O) groups is 3. The Morgan fingerprint density at radius 3 is 0.843 bits per heavy atom. The predicted octanol–water partition coefficient (Wildman–Crippen LogP) is 14.0. The number of Topliss-reactive ketones (excluding diaryl/α,β-unsaturated/α-hetero) is 3. The van der Waals surface area contributed by atoms with Crippen LogP contribution in [-0.2, 0) is 14.4 Å². The maximum Gasteiger partial charge on any atom is 0.460 e. The van der Waals surface area contributed by atoms with Gasteiger partial charge in [-0.05, 0) is 66.6 Å². The Hall–Kier alpha value is -2.32. The molecular formula is C42H45F21O6Yb. The van der Waals surface area contributed by atoms with Gasteiger partial charge in [0.15, 0.2) is 34.6 Å². The van der Waals surface area contributed by atoms with E-state index in [2.05, 4.69) is 0 Å². The number of allylic oxidation sites excluding steroid dienone is 6. The monoisotopic (exact) mass is 1220 g/mol. The third-order valence-corrected chi connectivity index (χ3v) is 16.9. The minimum atomic E-state index is -6.57. The summed E-state index contributed by atoms with van der Waals surface area (Å²) >= 11 is 0. The van der Waals surface area contributed by atoms with E-state index in [-0.39, 0.29) is 66.2 Å². The SMILES string of the molecule is CC12CCC(/C(=C(/O)C(F)(F)C(F)(F)C(F)(F)F)C1=O)C2(C)C.CC12CCC(/C(=C(/O)C(F)(F)C(F)(F)C(F)(F)F)C1=O)C2(C)C.CC12CCC(C(=O)/C1=C(\O)C(F)(F)C(F)(F)C(F)(F)F)C2(C)C.[Yb]. The minimum Gasteiger partial charge on any atom is -0.506 e. The number of hydrogen-bond acceptors (Lipinski definition) is 6. The Balaban J connectivity index is 0.000000276. The molecule has 0 radical (unpaired) electrons. The van der Waals surface area contributed by atoms with Crippen molar-refractivity contribution < 1.29 is 169 Å². The van der Waals surface area contributed by atoms with Gasteiger partial charge in [0, 0.05) is 85.8 Å².